The van der Waals surface area contributed by atoms with E-state index in [0.717, 1.165) is 13.0 Å². The van der Waals surface area contributed by atoms with Gasteiger partial charge in [-0.1, -0.05) is 0 Å². The molecular formula is C9H24N4O2. The Morgan fingerprint density at radius 2 is 1.60 bits per heavy atom. The molecule has 15 heavy (non-hydrogen) atoms. The average molecular weight is 220 g/mol. The van der Waals surface area contributed by atoms with Crippen molar-refractivity contribution in [2.75, 3.05) is 26.2 Å². The van der Waals surface area contributed by atoms with Crippen LogP contribution in [-0.2, 0) is 0 Å². The summed E-state index contributed by atoms with van der Waals surface area (Å²) in [6, 6.07) is 0. The van der Waals surface area contributed by atoms with E-state index in [2.05, 4.69) is 10.6 Å². The second-order valence-electron chi connectivity index (χ2n) is 3.46. The minimum atomic E-state index is -0.728. The third kappa shape index (κ3) is 10.1. The quantitative estimate of drug-likeness (QED) is 0.185. The molecule has 0 aromatic carbocycles. The first-order chi connectivity index (χ1) is 7.20. The van der Waals surface area contributed by atoms with Crippen LogP contribution in [0.1, 0.15) is 19.3 Å². The molecule has 0 aromatic heterocycles. The van der Waals surface area contributed by atoms with Gasteiger partial charge >= 0.3 is 0 Å². The van der Waals surface area contributed by atoms with Gasteiger partial charge in [-0.25, -0.2) is 0 Å². The molecule has 0 spiro atoms. The summed E-state index contributed by atoms with van der Waals surface area (Å²) >= 11 is 0. The first-order valence-corrected chi connectivity index (χ1v) is 5.43. The Balaban J connectivity index is 3.28. The predicted molar refractivity (Wildman–Crippen MR) is 60.0 cm³/mol. The van der Waals surface area contributed by atoms with Gasteiger partial charge in [-0.3, -0.25) is 5.32 Å². The van der Waals surface area contributed by atoms with E-state index in [0.29, 0.717) is 32.5 Å². The molecule has 2 atom stereocenters. The summed E-state index contributed by atoms with van der Waals surface area (Å²) in [4.78, 5) is 0. The number of aliphatic hydroxyl groups is 2. The van der Waals surface area contributed by atoms with Crippen molar-refractivity contribution in [2.45, 2.75) is 31.7 Å². The summed E-state index contributed by atoms with van der Waals surface area (Å²) in [7, 11) is 0. The fraction of sp³-hybridized carbons (Fsp3) is 1.00. The maximum absolute atomic E-state index is 9.43. The van der Waals surface area contributed by atoms with E-state index in [9.17, 15) is 10.2 Å². The summed E-state index contributed by atoms with van der Waals surface area (Å²) in [5.74, 6) is 0. The molecular weight excluding hydrogens is 196 g/mol. The van der Waals surface area contributed by atoms with E-state index in [-0.39, 0.29) is 0 Å². The number of nitrogens with two attached hydrogens (primary N) is 2. The van der Waals surface area contributed by atoms with Gasteiger partial charge in [0.25, 0.3) is 0 Å². The number of hydrogen-bond acceptors (Lipinski definition) is 6. The standard InChI is InChI=1S/C9H24N4O2/c10-4-1-6-12-7-3-9(15)13-8(14)2-5-11/h8-9,12-15H,1-7,10-11H2/t8-,9-/m1/s1. The van der Waals surface area contributed by atoms with Gasteiger partial charge in [0.05, 0.1) is 0 Å². The largest absolute Gasteiger partial charge is 0.378 e. The topological polar surface area (TPSA) is 117 Å². The van der Waals surface area contributed by atoms with Gasteiger partial charge in [0, 0.05) is 0 Å². The molecule has 0 aliphatic carbocycles. The number of rotatable bonds is 10. The molecule has 0 heterocycles. The molecule has 6 heteroatoms. The molecule has 92 valence electrons. The lowest BCUT2D eigenvalue weighted by Crippen LogP contribution is -2.40. The molecule has 0 unspecified atom stereocenters. The van der Waals surface area contributed by atoms with Gasteiger partial charge in [-0.15, -0.1) is 0 Å². The molecule has 0 aliphatic heterocycles. The third-order valence-corrected chi connectivity index (χ3v) is 1.98. The summed E-state index contributed by atoms with van der Waals surface area (Å²) in [6.07, 6.45) is 0.495. The monoisotopic (exact) mass is 220 g/mol. The zero-order chi connectivity index (χ0) is 11.5. The maximum atomic E-state index is 9.43. The molecule has 0 saturated heterocycles. The van der Waals surface area contributed by atoms with Crippen LogP contribution in [0.3, 0.4) is 0 Å². The highest BCUT2D eigenvalue weighted by molar-refractivity contribution is 4.60. The zero-order valence-corrected chi connectivity index (χ0v) is 9.15. The van der Waals surface area contributed by atoms with Crippen LogP contribution in [-0.4, -0.2) is 48.8 Å². The molecule has 0 bridgehead atoms. The van der Waals surface area contributed by atoms with Gasteiger partial charge < -0.3 is 27.0 Å². The SMILES string of the molecule is NCCCNCC[C@@H](O)N[C@H](O)CCN. The lowest BCUT2D eigenvalue weighted by atomic mass is 10.3. The molecule has 0 fully saturated rings. The fourth-order valence-corrected chi connectivity index (χ4v) is 1.14. The number of nitrogens with one attached hydrogen (secondary N) is 2. The van der Waals surface area contributed by atoms with Crippen LogP contribution in [0.15, 0.2) is 0 Å². The molecule has 0 rings (SSSR count). The van der Waals surface area contributed by atoms with E-state index < -0.39 is 12.5 Å². The molecule has 0 amide bonds. The summed E-state index contributed by atoms with van der Waals surface area (Å²) in [6.45, 7) is 2.62. The fourth-order valence-electron chi connectivity index (χ4n) is 1.14. The van der Waals surface area contributed by atoms with Gasteiger partial charge in [0.15, 0.2) is 0 Å². The van der Waals surface area contributed by atoms with Crippen molar-refractivity contribution in [1.82, 2.24) is 10.6 Å². The van der Waals surface area contributed by atoms with Crippen LogP contribution in [0.4, 0.5) is 0 Å². The van der Waals surface area contributed by atoms with E-state index >= 15 is 0 Å². The zero-order valence-electron chi connectivity index (χ0n) is 9.15. The number of hydrogen-bond donors (Lipinski definition) is 6. The molecule has 6 nitrogen and oxygen atoms in total. The van der Waals surface area contributed by atoms with Crippen molar-refractivity contribution in [3.8, 4) is 0 Å². The van der Waals surface area contributed by atoms with Crippen molar-refractivity contribution in [2.24, 2.45) is 11.5 Å². The third-order valence-electron chi connectivity index (χ3n) is 1.98. The van der Waals surface area contributed by atoms with Crippen LogP contribution in [0.2, 0.25) is 0 Å². The lowest BCUT2D eigenvalue weighted by Gasteiger charge is -2.17. The Labute approximate surface area is 91.0 Å². The highest BCUT2D eigenvalue weighted by atomic mass is 16.3. The molecule has 0 aliphatic rings. The number of aliphatic hydroxyl groups excluding tert-OH is 2. The van der Waals surface area contributed by atoms with Crippen molar-refractivity contribution in [3.63, 3.8) is 0 Å². The average Bonchev–Trinajstić information content (AvgIpc) is 2.17. The highest BCUT2D eigenvalue weighted by Gasteiger charge is 2.08. The summed E-state index contributed by atoms with van der Waals surface area (Å²) in [5, 5.41) is 24.5. The minimum Gasteiger partial charge on any atom is -0.378 e. The van der Waals surface area contributed by atoms with E-state index in [4.69, 9.17) is 11.5 Å². The highest BCUT2D eigenvalue weighted by Crippen LogP contribution is 1.90. The summed E-state index contributed by atoms with van der Waals surface area (Å²) in [5.41, 5.74) is 10.6. The Bertz CT molecular complexity index is 137. The van der Waals surface area contributed by atoms with Crippen LogP contribution in [0, 0.1) is 0 Å². The van der Waals surface area contributed by atoms with Gasteiger partial charge in [-0.2, -0.15) is 0 Å². The van der Waals surface area contributed by atoms with Crippen molar-refractivity contribution in [3.05, 3.63) is 0 Å². The van der Waals surface area contributed by atoms with E-state index in [1.807, 2.05) is 0 Å². The first-order valence-electron chi connectivity index (χ1n) is 5.43. The maximum Gasteiger partial charge on any atom is 0.108 e. The van der Waals surface area contributed by atoms with Crippen LogP contribution in [0.5, 0.6) is 0 Å². The van der Waals surface area contributed by atoms with Gasteiger partial charge in [0.2, 0.25) is 0 Å². The Hall–Kier alpha value is -0.240. The second kappa shape index (κ2) is 10.3. The Morgan fingerprint density at radius 3 is 2.20 bits per heavy atom. The lowest BCUT2D eigenvalue weighted by molar-refractivity contribution is 0.0352. The van der Waals surface area contributed by atoms with E-state index in [1.165, 1.54) is 0 Å². The normalized spacial score (nSPS) is 15.2. The summed E-state index contributed by atoms with van der Waals surface area (Å²) < 4.78 is 0. The molecule has 0 aromatic rings. The van der Waals surface area contributed by atoms with Crippen LogP contribution >= 0.6 is 0 Å². The van der Waals surface area contributed by atoms with Crippen molar-refractivity contribution >= 4 is 0 Å². The van der Waals surface area contributed by atoms with Crippen molar-refractivity contribution in [1.29, 1.82) is 0 Å². The van der Waals surface area contributed by atoms with Gasteiger partial charge in [0.1, 0.15) is 12.5 Å². The van der Waals surface area contributed by atoms with Crippen LogP contribution in [0.25, 0.3) is 0 Å². The van der Waals surface area contributed by atoms with E-state index in [1.54, 1.807) is 0 Å². The first kappa shape index (κ1) is 14.8. The molecule has 0 saturated carbocycles. The van der Waals surface area contributed by atoms with Crippen molar-refractivity contribution < 1.29 is 10.2 Å². The van der Waals surface area contributed by atoms with Crippen LogP contribution < -0.4 is 22.1 Å². The van der Waals surface area contributed by atoms with Gasteiger partial charge in [-0.05, 0) is 45.4 Å². The molecule has 8 N–H and O–H groups in total. The minimum absolute atomic E-state index is 0.398. The second-order valence-corrected chi connectivity index (χ2v) is 3.46. The molecule has 0 radical (unpaired) electrons. The Kier molecular flexibility index (Phi) is 10.1. The smallest absolute Gasteiger partial charge is 0.108 e. The Morgan fingerprint density at radius 1 is 0.933 bits per heavy atom. The predicted octanol–water partition coefficient (Wildman–Crippen LogP) is -2.11.